The van der Waals surface area contributed by atoms with Gasteiger partial charge in [-0.15, -0.1) is 0 Å². The van der Waals surface area contributed by atoms with Crippen molar-refractivity contribution in [2.75, 3.05) is 5.32 Å². The van der Waals surface area contributed by atoms with Crippen molar-refractivity contribution < 1.29 is 14.3 Å². The van der Waals surface area contributed by atoms with E-state index in [1.54, 1.807) is 6.92 Å². The molecule has 0 fully saturated rings. The van der Waals surface area contributed by atoms with Gasteiger partial charge >= 0.3 is 5.97 Å². The molecule has 146 valence electrons. The van der Waals surface area contributed by atoms with Crippen LogP contribution < -0.4 is 5.32 Å². The number of carbonyl (C=O) groups excluding carboxylic acids is 2. The smallest absolute Gasteiger partial charge is 0.356 e. The van der Waals surface area contributed by atoms with Crippen LogP contribution in [0.15, 0.2) is 53.0 Å². The van der Waals surface area contributed by atoms with Gasteiger partial charge in [-0.3, -0.25) is 4.79 Å². The van der Waals surface area contributed by atoms with Crippen LogP contribution in [0, 0.1) is 0 Å². The molecule has 1 heterocycles. The fourth-order valence-corrected chi connectivity index (χ4v) is 3.62. The zero-order chi connectivity index (χ0) is 20.3. The van der Waals surface area contributed by atoms with Gasteiger partial charge in [0.05, 0.1) is 4.47 Å². The lowest BCUT2D eigenvalue weighted by Gasteiger charge is -2.18. The second-order valence-corrected chi connectivity index (χ2v) is 7.59. The molecule has 0 aliphatic carbocycles. The molecule has 0 bridgehead atoms. The van der Waals surface area contributed by atoms with E-state index in [4.69, 9.17) is 4.74 Å². The Labute approximate surface area is 172 Å². The molecule has 5 nitrogen and oxygen atoms in total. The molecule has 2 aromatic carbocycles. The molecule has 0 saturated carbocycles. The van der Waals surface area contributed by atoms with Crippen molar-refractivity contribution in [2.45, 2.75) is 39.2 Å². The summed E-state index contributed by atoms with van der Waals surface area (Å²) in [6.07, 6.45) is 0.0297. The topological polar surface area (TPSA) is 71.2 Å². The van der Waals surface area contributed by atoms with E-state index in [0.29, 0.717) is 16.1 Å². The Bertz CT molecular complexity index is 1010. The van der Waals surface area contributed by atoms with Crippen molar-refractivity contribution >= 4 is 44.4 Å². The lowest BCUT2D eigenvalue weighted by Crippen LogP contribution is -2.30. The number of para-hydroxylation sites is 2. The summed E-state index contributed by atoms with van der Waals surface area (Å²) in [5.74, 6) is -0.631. The highest BCUT2D eigenvalue weighted by atomic mass is 79.9. The third-order valence-electron chi connectivity index (χ3n) is 4.86. The molecule has 1 amide bonds. The molecule has 2 N–H and O–H groups in total. The Morgan fingerprint density at radius 3 is 2.50 bits per heavy atom. The molecule has 3 aromatic rings. The van der Waals surface area contributed by atoms with Gasteiger partial charge in [0.2, 0.25) is 0 Å². The lowest BCUT2D eigenvalue weighted by atomic mass is 9.97. The standard InChI is InChI=1S/C22H23BrN2O3/c1-4-13(2)15-9-5-7-11-17(15)25-21(26)14(3)28-22(27)20-19(23)16-10-6-8-12-18(16)24-20/h5-14,24H,4H2,1-3H3,(H,25,26). The number of halogens is 1. The number of amides is 1. The second kappa shape index (κ2) is 8.61. The number of hydrogen-bond donors (Lipinski definition) is 2. The summed E-state index contributed by atoms with van der Waals surface area (Å²) in [6.45, 7) is 5.78. The molecule has 0 spiro atoms. The van der Waals surface area contributed by atoms with Gasteiger partial charge in [-0.2, -0.15) is 0 Å². The van der Waals surface area contributed by atoms with E-state index in [2.05, 4.69) is 40.1 Å². The number of nitrogens with one attached hydrogen (secondary N) is 2. The van der Waals surface area contributed by atoms with Crippen LogP contribution in [0.5, 0.6) is 0 Å². The van der Waals surface area contributed by atoms with Crippen molar-refractivity contribution in [1.82, 2.24) is 4.98 Å². The van der Waals surface area contributed by atoms with E-state index in [1.807, 2.05) is 48.5 Å². The quantitative estimate of drug-likeness (QED) is 0.486. The van der Waals surface area contributed by atoms with Crippen LogP contribution in [0.2, 0.25) is 0 Å². The van der Waals surface area contributed by atoms with Crippen molar-refractivity contribution in [3.8, 4) is 0 Å². The van der Waals surface area contributed by atoms with Crippen LogP contribution in [-0.4, -0.2) is 23.0 Å². The summed E-state index contributed by atoms with van der Waals surface area (Å²) >= 11 is 3.43. The van der Waals surface area contributed by atoms with Crippen LogP contribution in [0.1, 0.15) is 49.2 Å². The zero-order valence-corrected chi connectivity index (χ0v) is 17.7. The maximum absolute atomic E-state index is 12.6. The first-order valence-electron chi connectivity index (χ1n) is 9.29. The molecule has 2 atom stereocenters. The van der Waals surface area contributed by atoms with Crippen LogP contribution in [-0.2, 0) is 9.53 Å². The van der Waals surface area contributed by atoms with Gasteiger partial charge < -0.3 is 15.0 Å². The third kappa shape index (κ3) is 4.12. The molecule has 2 unspecified atom stereocenters. The van der Waals surface area contributed by atoms with Crippen LogP contribution in [0.25, 0.3) is 10.9 Å². The highest BCUT2D eigenvalue weighted by molar-refractivity contribution is 9.10. The number of carbonyl (C=O) groups is 2. The number of esters is 1. The normalized spacial score (nSPS) is 13.1. The first-order valence-corrected chi connectivity index (χ1v) is 10.1. The van der Waals surface area contributed by atoms with Crippen molar-refractivity contribution in [3.63, 3.8) is 0 Å². The number of anilines is 1. The average molecular weight is 443 g/mol. The first-order chi connectivity index (χ1) is 13.4. The van der Waals surface area contributed by atoms with E-state index in [-0.39, 0.29) is 5.91 Å². The van der Waals surface area contributed by atoms with Crippen molar-refractivity contribution in [3.05, 3.63) is 64.3 Å². The molecular formula is C22H23BrN2O3. The summed E-state index contributed by atoms with van der Waals surface area (Å²) in [7, 11) is 0. The molecule has 28 heavy (non-hydrogen) atoms. The van der Waals surface area contributed by atoms with E-state index in [1.165, 1.54) is 0 Å². The minimum absolute atomic E-state index is 0.292. The minimum atomic E-state index is -0.934. The average Bonchev–Trinajstić information content (AvgIpc) is 3.04. The third-order valence-corrected chi connectivity index (χ3v) is 5.69. The SMILES string of the molecule is CCC(C)c1ccccc1NC(=O)C(C)OC(=O)c1[nH]c2ccccc2c1Br. The van der Waals surface area contributed by atoms with E-state index in [9.17, 15) is 9.59 Å². The highest BCUT2D eigenvalue weighted by Crippen LogP contribution is 2.29. The van der Waals surface area contributed by atoms with Gasteiger partial charge in [0, 0.05) is 16.6 Å². The number of benzene rings is 2. The lowest BCUT2D eigenvalue weighted by molar-refractivity contribution is -0.123. The molecule has 0 saturated heterocycles. The zero-order valence-electron chi connectivity index (χ0n) is 16.1. The van der Waals surface area contributed by atoms with Gasteiger partial charge in [-0.25, -0.2) is 4.79 Å². The monoisotopic (exact) mass is 442 g/mol. The maximum Gasteiger partial charge on any atom is 0.356 e. The minimum Gasteiger partial charge on any atom is -0.448 e. The molecular weight excluding hydrogens is 420 g/mol. The predicted molar refractivity (Wildman–Crippen MR) is 115 cm³/mol. The van der Waals surface area contributed by atoms with Crippen LogP contribution in [0.4, 0.5) is 5.69 Å². The summed E-state index contributed by atoms with van der Waals surface area (Å²) in [5, 5.41) is 3.77. The first kappa shape index (κ1) is 20.1. The number of fused-ring (bicyclic) bond motifs is 1. The molecule has 0 aliphatic heterocycles. The molecule has 0 radical (unpaired) electrons. The van der Waals surface area contributed by atoms with Gasteiger partial charge in [-0.05, 0) is 52.9 Å². The van der Waals surface area contributed by atoms with Crippen molar-refractivity contribution in [2.24, 2.45) is 0 Å². The molecule has 3 rings (SSSR count). The highest BCUT2D eigenvalue weighted by Gasteiger charge is 2.23. The number of ether oxygens (including phenoxy) is 1. The van der Waals surface area contributed by atoms with E-state index < -0.39 is 12.1 Å². The summed E-state index contributed by atoms with van der Waals surface area (Å²) in [4.78, 5) is 28.2. The van der Waals surface area contributed by atoms with Crippen molar-refractivity contribution in [1.29, 1.82) is 0 Å². The Morgan fingerprint density at radius 1 is 1.11 bits per heavy atom. The van der Waals surface area contributed by atoms with Gasteiger partial charge in [-0.1, -0.05) is 50.2 Å². The Kier molecular flexibility index (Phi) is 6.19. The predicted octanol–water partition coefficient (Wildman–Crippen LogP) is 5.63. The summed E-state index contributed by atoms with van der Waals surface area (Å²) in [5.41, 5.74) is 2.92. The number of aromatic nitrogens is 1. The largest absolute Gasteiger partial charge is 0.448 e. The van der Waals surface area contributed by atoms with Crippen LogP contribution in [0.3, 0.4) is 0 Å². The van der Waals surface area contributed by atoms with Gasteiger partial charge in [0.25, 0.3) is 5.91 Å². The molecule has 1 aromatic heterocycles. The van der Waals surface area contributed by atoms with Crippen LogP contribution >= 0.6 is 15.9 Å². The Hall–Kier alpha value is -2.60. The van der Waals surface area contributed by atoms with E-state index in [0.717, 1.165) is 28.6 Å². The fourth-order valence-electron chi connectivity index (χ4n) is 3.02. The van der Waals surface area contributed by atoms with Gasteiger partial charge in [0.15, 0.2) is 6.10 Å². The van der Waals surface area contributed by atoms with E-state index >= 15 is 0 Å². The molecule has 6 heteroatoms. The Balaban J connectivity index is 1.72. The summed E-state index contributed by atoms with van der Waals surface area (Å²) in [6, 6.07) is 15.2. The number of aromatic amines is 1. The Morgan fingerprint density at radius 2 is 1.79 bits per heavy atom. The van der Waals surface area contributed by atoms with Gasteiger partial charge in [0.1, 0.15) is 5.69 Å². The molecule has 0 aliphatic rings. The number of H-pyrrole nitrogens is 1. The maximum atomic E-state index is 12.6. The second-order valence-electron chi connectivity index (χ2n) is 6.79. The number of hydrogen-bond acceptors (Lipinski definition) is 3. The fraction of sp³-hybridized carbons (Fsp3) is 0.273. The summed E-state index contributed by atoms with van der Waals surface area (Å²) < 4.78 is 6.02. The number of rotatable bonds is 6.